The first kappa shape index (κ1) is 54.9. The SMILES string of the molecule is CCCCCCCCc1ccc(OCCOCCOCCOCCOCCOCCOCCOCCOCCOCCOCCN(C)C(=O)OCC2c3ccccc3-c3ccccc32)cc1. The van der Waals surface area contributed by atoms with Crippen LogP contribution in [0.4, 0.5) is 4.79 Å². The first-order valence-corrected chi connectivity index (χ1v) is 24.2. The van der Waals surface area contributed by atoms with E-state index >= 15 is 0 Å². The minimum atomic E-state index is -0.364. The number of carbonyl (C=O) groups is 1. The topological polar surface area (TPSA) is 131 Å². The van der Waals surface area contributed by atoms with Gasteiger partial charge in [0, 0.05) is 19.5 Å². The van der Waals surface area contributed by atoms with E-state index in [9.17, 15) is 4.79 Å². The summed E-state index contributed by atoms with van der Waals surface area (Å²) in [6.45, 7) is 13.2. The van der Waals surface area contributed by atoms with Gasteiger partial charge in [-0.05, 0) is 52.8 Å². The van der Waals surface area contributed by atoms with Gasteiger partial charge in [-0.2, -0.15) is 0 Å². The maximum atomic E-state index is 12.6. The largest absolute Gasteiger partial charge is 0.491 e. The number of unbranched alkanes of at least 4 members (excludes halogenated alkanes) is 5. The molecule has 0 radical (unpaired) electrons. The zero-order valence-corrected chi connectivity index (χ0v) is 40.0. The third-order valence-electron chi connectivity index (χ3n) is 10.8. The predicted octanol–water partition coefficient (Wildman–Crippen LogP) is 8.02. The van der Waals surface area contributed by atoms with Crippen LogP contribution in [0.15, 0.2) is 72.8 Å². The van der Waals surface area contributed by atoms with Gasteiger partial charge in [-0.3, -0.25) is 0 Å². The van der Waals surface area contributed by atoms with Gasteiger partial charge in [-0.25, -0.2) is 4.79 Å². The van der Waals surface area contributed by atoms with Crippen LogP contribution in [0.5, 0.6) is 5.75 Å². The van der Waals surface area contributed by atoms with Crippen molar-refractivity contribution in [2.45, 2.75) is 57.8 Å². The van der Waals surface area contributed by atoms with Gasteiger partial charge in [0.2, 0.25) is 0 Å². The average molecular weight is 926 g/mol. The fourth-order valence-corrected chi connectivity index (χ4v) is 7.16. The molecule has 0 N–H and O–H groups in total. The summed E-state index contributed by atoms with van der Waals surface area (Å²) < 4.78 is 67.1. The molecule has 370 valence electrons. The molecule has 3 aromatic rings. The Balaban J connectivity index is 0.780. The van der Waals surface area contributed by atoms with Gasteiger partial charge in [-0.15, -0.1) is 0 Å². The molecule has 1 aliphatic rings. The normalized spacial score (nSPS) is 12.1. The third kappa shape index (κ3) is 24.4. The van der Waals surface area contributed by atoms with Crippen LogP contribution in [0.2, 0.25) is 0 Å². The number of ether oxygens (including phenoxy) is 12. The summed E-state index contributed by atoms with van der Waals surface area (Å²) in [5, 5.41) is 0. The molecule has 0 saturated heterocycles. The number of hydrogen-bond donors (Lipinski definition) is 0. The maximum absolute atomic E-state index is 12.6. The molecule has 0 heterocycles. The summed E-state index contributed by atoms with van der Waals surface area (Å²) in [6, 6.07) is 25.0. The van der Waals surface area contributed by atoms with Crippen LogP contribution in [-0.2, 0) is 58.5 Å². The van der Waals surface area contributed by atoms with E-state index < -0.39 is 0 Å². The van der Waals surface area contributed by atoms with E-state index in [-0.39, 0.29) is 12.0 Å². The number of hydrogen-bond acceptors (Lipinski definition) is 13. The summed E-state index contributed by atoms with van der Waals surface area (Å²) in [5.41, 5.74) is 6.17. The van der Waals surface area contributed by atoms with E-state index in [1.165, 1.54) is 71.2 Å². The summed E-state index contributed by atoms with van der Waals surface area (Å²) >= 11 is 0. The highest BCUT2D eigenvalue weighted by atomic mass is 16.6. The Morgan fingerprint density at radius 2 is 0.833 bits per heavy atom. The van der Waals surface area contributed by atoms with Crippen LogP contribution in [0.3, 0.4) is 0 Å². The standard InChI is InChI=1S/C52H79NO13/c1-3-4-5-6-7-8-13-45-18-20-46(21-19-45)65-43-42-64-41-40-63-39-38-62-37-36-61-35-34-60-33-32-59-31-30-58-29-28-57-27-26-56-25-24-55-23-22-53(2)52(54)66-44-51-49-16-11-9-14-47(49)48-15-10-12-17-50(48)51/h9-12,14-21,51H,3-8,13,22-44H2,1-2H3. The van der Waals surface area contributed by atoms with Crippen LogP contribution >= 0.6 is 0 Å². The lowest BCUT2D eigenvalue weighted by Crippen LogP contribution is -2.32. The number of aryl methyl sites for hydroxylation is 1. The summed E-state index contributed by atoms with van der Waals surface area (Å²) in [6.07, 6.45) is 8.69. The van der Waals surface area contributed by atoms with Gasteiger partial charge in [0.1, 0.15) is 19.0 Å². The second-order valence-corrected chi connectivity index (χ2v) is 15.9. The highest BCUT2D eigenvalue weighted by molar-refractivity contribution is 5.79. The molecule has 4 rings (SSSR count). The molecule has 0 atom stereocenters. The molecule has 0 fully saturated rings. The Bertz CT molecular complexity index is 1580. The molecule has 3 aromatic carbocycles. The molecule has 14 nitrogen and oxygen atoms in total. The average Bonchev–Trinajstić information content (AvgIpc) is 3.66. The fourth-order valence-electron chi connectivity index (χ4n) is 7.16. The number of likely N-dealkylation sites (N-methyl/N-ethyl adjacent to an activating group) is 1. The Kier molecular flexibility index (Phi) is 31.1. The lowest BCUT2D eigenvalue weighted by atomic mass is 9.98. The third-order valence-corrected chi connectivity index (χ3v) is 10.8. The van der Waals surface area contributed by atoms with E-state index in [2.05, 4.69) is 43.3 Å². The van der Waals surface area contributed by atoms with Crippen molar-refractivity contribution < 1.29 is 61.6 Å². The highest BCUT2D eigenvalue weighted by Gasteiger charge is 2.29. The number of fused-ring (bicyclic) bond motifs is 3. The van der Waals surface area contributed by atoms with Crippen LogP contribution < -0.4 is 4.74 Å². The van der Waals surface area contributed by atoms with E-state index in [0.717, 1.165) is 12.2 Å². The Morgan fingerprint density at radius 3 is 1.27 bits per heavy atom. The van der Waals surface area contributed by atoms with Gasteiger partial charge in [0.05, 0.1) is 132 Å². The van der Waals surface area contributed by atoms with E-state index in [0.29, 0.717) is 152 Å². The van der Waals surface area contributed by atoms with Gasteiger partial charge < -0.3 is 61.7 Å². The summed E-state index contributed by atoms with van der Waals surface area (Å²) in [5.74, 6) is 0.917. The Morgan fingerprint density at radius 1 is 0.455 bits per heavy atom. The van der Waals surface area contributed by atoms with Crippen LogP contribution in [0, 0.1) is 0 Å². The highest BCUT2D eigenvalue weighted by Crippen LogP contribution is 2.44. The summed E-state index contributed by atoms with van der Waals surface area (Å²) in [7, 11) is 1.72. The molecular formula is C52H79NO13. The van der Waals surface area contributed by atoms with Crippen molar-refractivity contribution in [3.8, 4) is 16.9 Å². The van der Waals surface area contributed by atoms with E-state index in [1.54, 1.807) is 7.05 Å². The second kappa shape index (κ2) is 37.3. The van der Waals surface area contributed by atoms with Crippen LogP contribution in [0.25, 0.3) is 11.1 Å². The number of benzene rings is 3. The smallest absolute Gasteiger partial charge is 0.409 e. The summed E-state index contributed by atoms with van der Waals surface area (Å²) in [4.78, 5) is 14.2. The Labute approximate surface area is 394 Å². The van der Waals surface area contributed by atoms with Crippen molar-refractivity contribution in [2.75, 3.05) is 159 Å². The molecule has 0 saturated carbocycles. The number of amides is 1. The Hall–Kier alpha value is -3.67. The molecular weight excluding hydrogens is 847 g/mol. The lowest BCUT2D eigenvalue weighted by molar-refractivity contribution is -0.0268. The van der Waals surface area contributed by atoms with E-state index in [1.807, 2.05) is 36.4 Å². The van der Waals surface area contributed by atoms with Gasteiger partial charge in [-0.1, -0.05) is 99.7 Å². The molecule has 1 aliphatic carbocycles. The zero-order valence-electron chi connectivity index (χ0n) is 40.0. The molecule has 0 aliphatic heterocycles. The molecule has 0 unspecified atom stereocenters. The van der Waals surface area contributed by atoms with Gasteiger partial charge in [0.15, 0.2) is 0 Å². The fraction of sp³-hybridized carbons (Fsp3) is 0.635. The van der Waals surface area contributed by atoms with Crippen molar-refractivity contribution in [3.63, 3.8) is 0 Å². The minimum absolute atomic E-state index is 0.0366. The van der Waals surface area contributed by atoms with Crippen molar-refractivity contribution in [1.82, 2.24) is 4.90 Å². The molecule has 66 heavy (non-hydrogen) atoms. The second-order valence-electron chi connectivity index (χ2n) is 15.9. The predicted molar refractivity (Wildman–Crippen MR) is 255 cm³/mol. The lowest BCUT2D eigenvalue weighted by Gasteiger charge is -2.19. The van der Waals surface area contributed by atoms with Crippen molar-refractivity contribution >= 4 is 6.09 Å². The molecule has 0 spiro atoms. The first-order chi connectivity index (χ1) is 32.7. The quantitative estimate of drug-likeness (QED) is 0.0509. The molecule has 0 bridgehead atoms. The minimum Gasteiger partial charge on any atom is -0.491 e. The molecule has 0 aromatic heterocycles. The van der Waals surface area contributed by atoms with E-state index in [4.69, 9.17) is 56.8 Å². The number of nitrogens with zero attached hydrogens (tertiary/aromatic N) is 1. The van der Waals surface area contributed by atoms with Crippen LogP contribution in [0.1, 0.15) is 68.1 Å². The molecule has 1 amide bonds. The zero-order chi connectivity index (χ0) is 46.4. The van der Waals surface area contributed by atoms with Crippen molar-refractivity contribution in [2.24, 2.45) is 0 Å². The maximum Gasteiger partial charge on any atom is 0.409 e. The number of rotatable bonds is 43. The van der Waals surface area contributed by atoms with Gasteiger partial charge in [0.25, 0.3) is 0 Å². The van der Waals surface area contributed by atoms with Crippen molar-refractivity contribution in [1.29, 1.82) is 0 Å². The first-order valence-electron chi connectivity index (χ1n) is 24.2. The molecule has 14 heteroatoms. The van der Waals surface area contributed by atoms with Crippen LogP contribution in [-0.4, -0.2) is 170 Å². The van der Waals surface area contributed by atoms with Crippen molar-refractivity contribution in [3.05, 3.63) is 89.5 Å². The monoisotopic (exact) mass is 926 g/mol. The number of carbonyl (C=O) groups excluding carboxylic acids is 1. The van der Waals surface area contributed by atoms with Gasteiger partial charge >= 0.3 is 6.09 Å².